The van der Waals surface area contributed by atoms with E-state index >= 15 is 0 Å². The number of piperidine rings is 2. The number of carbonyl (C=O) groups is 1. The van der Waals surface area contributed by atoms with Gasteiger partial charge in [-0.3, -0.25) is 9.69 Å². The topological polar surface area (TPSA) is 55.8 Å². The molecule has 2 N–H and O–H groups in total. The Morgan fingerprint density at radius 2 is 1.89 bits per heavy atom. The van der Waals surface area contributed by atoms with E-state index < -0.39 is 0 Å². The van der Waals surface area contributed by atoms with E-state index in [9.17, 15) is 9.90 Å². The van der Waals surface area contributed by atoms with Gasteiger partial charge in [0.2, 0.25) is 0 Å². The average molecular weight is 498 g/mol. The molecule has 8 rings (SSSR count). The lowest BCUT2D eigenvalue weighted by Gasteiger charge is -2.66. The van der Waals surface area contributed by atoms with Crippen LogP contribution in [0, 0.1) is 23.2 Å². The Morgan fingerprint density at radius 3 is 2.73 bits per heavy atom. The number of aromatic hydroxyl groups is 1. The predicted octanol–water partition coefficient (Wildman–Crippen LogP) is 4.20. The van der Waals surface area contributed by atoms with E-state index in [1.807, 2.05) is 36.4 Å². The van der Waals surface area contributed by atoms with E-state index in [2.05, 4.69) is 27.2 Å². The van der Waals surface area contributed by atoms with Crippen molar-refractivity contribution in [2.24, 2.45) is 23.2 Å². The minimum Gasteiger partial charge on any atom is -0.508 e. The van der Waals surface area contributed by atoms with E-state index in [-0.39, 0.29) is 16.7 Å². The summed E-state index contributed by atoms with van der Waals surface area (Å²) in [6.45, 7) is 5.64. The lowest BCUT2D eigenvalue weighted by Crippen LogP contribution is -2.70. The van der Waals surface area contributed by atoms with E-state index in [0.29, 0.717) is 29.7 Å². The van der Waals surface area contributed by atoms with E-state index in [0.717, 1.165) is 50.5 Å². The number of hydrogen-bond donors (Lipinski definition) is 2. The molecule has 1 amide bonds. The van der Waals surface area contributed by atoms with Gasteiger partial charge in [-0.05, 0) is 123 Å². The van der Waals surface area contributed by atoms with E-state index in [4.69, 9.17) is 0 Å². The van der Waals surface area contributed by atoms with Gasteiger partial charge in [-0.25, -0.2) is 0 Å². The number of amides is 1. The highest BCUT2D eigenvalue weighted by molar-refractivity contribution is 5.94. The molecule has 5 heteroatoms. The van der Waals surface area contributed by atoms with Gasteiger partial charge in [0.05, 0.1) is 0 Å². The second kappa shape index (κ2) is 8.07. The third kappa shape index (κ3) is 2.96. The Morgan fingerprint density at radius 1 is 1.05 bits per heavy atom. The van der Waals surface area contributed by atoms with Crippen LogP contribution in [0.3, 0.4) is 0 Å². The lowest BCUT2D eigenvalue weighted by atomic mass is 9.43. The minimum atomic E-state index is 0.0912. The third-order valence-corrected chi connectivity index (χ3v) is 11.8. The van der Waals surface area contributed by atoms with Crippen LogP contribution in [0.2, 0.25) is 0 Å². The van der Waals surface area contributed by atoms with Crippen molar-refractivity contribution >= 4 is 5.91 Å². The van der Waals surface area contributed by atoms with Crippen LogP contribution in [0.1, 0.15) is 60.0 Å². The van der Waals surface area contributed by atoms with Crippen LogP contribution >= 0.6 is 0 Å². The molecule has 2 saturated carbocycles. The third-order valence-electron chi connectivity index (χ3n) is 11.8. The summed E-state index contributed by atoms with van der Waals surface area (Å²) in [4.78, 5) is 18.9. The van der Waals surface area contributed by atoms with Gasteiger partial charge in [-0.15, -0.1) is 0 Å². The highest BCUT2D eigenvalue weighted by Gasteiger charge is 2.76. The molecule has 6 atom stereocenters. The number of nitrogens with zero attached hydrogens (tertiary/aromatic N) is 2. The zero-order valence-electron chi connectivity index (χ0n) is 21.7. The first-order valence-corrected chi connectivity index (χ1v) is 14.7. The zero-order valence-corrected chi connectivity index (χ0v) is 21.7. The van der Waals surface area contributed by atoms with Gasteiger partial charge < -0.3 is 15.3 Å². The van der Waals surface area contributed by atoms with Crippen LogP contribution in [0.5, 0.6) is 5.75 Å². The van der Waals surface area contributed by atoms with Crippen molar-refractivity contribution in [3.05, 3.63) is 65.2 Å². The predicted molar refractivity (Wildman–Crippen MR) is 144 cm³/mol. The van der Waals surface area contributed by atoms with Crippen molar-refractivity contribution in [1.29, 1.82) is 0 Å². The molecule has 0 spiro atoms. The van der Waals surface area contributed by atoms with Crippen molar-refractivity contribution in [3.8, 4) is 5.75 Å². The minimum absolute atomic E-state index is 0.0912. The zero-order chi connectivity index (χ0) is 24.8. The summed E-state index contributed by atoms with van der Waals surface area (Å²) < 4.78 is 0. The second-order valence-electron chi connectivity index (χ2n) is 13.0. The lowest BCUT2D eigenvalue weighted by molar-refractivity contribution is -0.105. The Balaban J connectivity index is 1.21. The van der Waals surface area contributed by atoms with Crippen molar-refractivity contribution in [2.75, 3.05) is 32.7 Å². The van der Waals surface area contributed by atoms with Crippen LogP contribution in [-0.4, -0.2) is 65.6 Å². The molecule has 3 aliphatic heterocycles. The van der Waals surface area contributed by atoms with Crippen LogP contribution in [-0.2, 0) is 11.8 Å². The fourth-order valence-corrected chi connectivity index (χ4v) is 10.7. The SMILES string of the molecule is O=C(c1ccccc1)N1C[C@H]2CC34CCC1C2C31CCN(CC2CCNCC2)C4Cc2ccc(O)cc21. The van der Waals surface area contributed by atoms with Crippen molar-refractivity contribution in [3.63, 3.8) is 0 Å². The molecule has 5 fully saturated rings. The van der Waals surface area contributed by atoms with Gasteiger partial charge in [0.1, 0.15) is 5.75 Å². The molecular formula is C32H39N3O2. The van der Waals surface area contributed by atoms with E-state index in [1.165, 1.54) is 49.8 Å². The summed E-state index contributed by atoms with van der Waals surface area (Å²) in [6.07, 6.45) is 8.49. The maximum absolute atomic E-state index is 13.7. The van der Waals surface area contributed by atoms with Crippen molar-refractivity contribution < 1.29 is 9.90 Å². The molecule has 5 unspecified atom stereocenters. The van der Waals surface area contributed by atoms with Crippen LogP contribution in [0.15, 0.2) is 48.5 Å². The first-order valence-electron chi connectivity index (χ1n) is 14.7. The van der Waals surface area contributed by atoms with Crippen molar-refractivity contribution in [2.45, 2.75) is 62.4 Å². The summed E-state index contributed by atoms with van der Waals surface area (Å²) in [5.74, 6) is 2.51. The Labute approximate surface area is 220 Å². The number of phenols is 1. The summed E-state index contributed by atoms with van der Waals surface area (Å²) >= 11 is 0. The number of rotatable bonds is 3. The van der Waals surface area contributed by atoms with Gasteiger partial charge in [0, 0.05) is 36.2 Å². The monoisotopic (exact) mass is 497 g/mol. The highest BCUT2D eigenvalue weighted by atomic mass is 16.3. The molecule has 4 bridgehead atoms. The maximum atomic E-state index is 13.7. The van der Waals surface area contributed by atoms with Gasteiger partial charge >= 0.3 is 0 Å². The number of benzene rings is 2. The van der Waals surface area contributed by atoms with E-state index in [1.54, 1.807) is 0 Å². The number of likely N-dealkylation sites (tertiary alicyclic amines) is 2. The quantitative estimate of drug-likeness (QED) is 0.668. The molecule has 3 aliphatic carbocycles. The standard InChI is InChI=1S/C32H39N3O2/c36-25-7-6-23-16-28-31-11-8-27-29(24(18-31)20-35(27)30(37)22-4-2-1-3-5-22)32(31,26(23)17-25)12-15-34(28)19-21-9-13-33-14-10-21/h1-7,17,21,24,27-29,33,36H,8-16,18-20H2/t24-,27?,28?,29?,31?,32?/m1/s1. The number of fused-ring (bicyclic) bond motifs is 1. The molecule has 6 aliphatic rings. The molecule has 5 nitrogen and oxygen atoms in total. The normalized spacial score (nSPS) is 38.3. The molecule has 3 saturated heterocycles. The summed E-state index contributed by atoms with van der Waals surface area (Å²) in [5.41, 5.74) is 4.10. The largest absolute Gasteiger partial charge is 0.508 e. The molecule has 2 aromatic carbocycles. The summed E-state index contributed by atoms with van der Waals surface area (Å²) in [6, 6.07) is 17.1. The first-order chi connectivity index (χ1) is 18.1. The molecular weight excluding hydrogens is 458 g/mol. The molecule has 0 aromatic heterocycles. The van der Waals surface area contributed by atoms with Crippen LogP contribution < -0.4 is 5.32 Å². The number of nitrogens with one attached hydrogen (secondary N) is 1. The highest BCUT2D eigenvalue weighted by Crippen LogP contribution is 2.75. The van der Waals surface area contributed by atoms with Crippen LogP contribution in [0.4, 0.5) is 0 Å². The Hall–Kier alpha value is -2.37. The molecule has 37 heavy (non-hydrogen) atoms. The number of phenolic OH excluding ortho intramolecular Hbond substituents is 1. The molecule has 3 heterocycles. The number of carbonyl (C=O) groups excluding carboxylic acids is 1. The summed E-state index contributed by atoms with van der Waals surface area (Å²) in [5, 5.41) is 14.2. The fraction of sp³-hybridized carbons (Fsp3) is 0.594. The molecule has 194 valence electrons. The van der Waals surface area contributed by atoms with Gasteiger partial charge in [0.25, 0.3) is 5.91 Å². The van der Waals surface area contributed by atoms with Gasteiger partial charge in [-0.1, -0.05) is 24.3 Å². The molecule has 2 aromatic rings. The average Bonchev–Trinajstić information content (AvgIpc) is 3.38. The molecule has 0 radical (unpaired) electrons. The van der Waals surface area contributed by atoms with Crippen molar-refractivity contribution in [1.82, 2.24) is 15.1 Å². The maximum Gasteiger partial charge on any atom is 0.254 e. The number of hydrogen-bond acceptors (Lipinski definition) is 4. The smallest absolute Gasteiger partial charge is 0.254 e. The van der Waals surface area contributed by atoms with Gasteiger partial charge in [0.15, 0.2) is 0 Å². The second-order valence-corrected chi connectivity index (χ2v) is 13.0. The van der Waals surface area contributed by atoms with Crippen LogP contribution in [0.25, 0.3) is 0 Å². The fourth-order valence-electron chi connectivity index (χ4n) is 10.7. The Kier molecular flexibility index (Phi) is 4.93. The summed E-state index contributed by atoms with van der Waals surface area (Å²) in [7, 11) is 0. The first kappa shape index (κ1) is 22.6. The Bertz CT molecular complexity index is 1230. The van der Waals surface area contributed by atoms with Gasteiger partial charge in [-0.2, -0.15) is 0 Å².